The average Bonchev–Trinajstić information content (AvgIpc) is 2.28. The molecule has 1 unspecified atom stereocenters. The molecule has 1 heterocycles. The molecule has 0 saturated carbocycles. The Morgan fingerprint density at radius 2 is 2.22 bits per heavy atom. The highest BCUT2D eigenvalue weighted by molar-refractivity contribution is 5.82. The summed E-state index contributed by atoms with van der Waals surface area (Å²) >= 11 is 0. The third kappa shape index (κ3) is 2.73. The number of carbonyl (C=O) groups is 1. The maximum absolute atomic E-state index is 11.2. The second-order valence-corrected chi connectivity index (χ2v) is 4.19. The monoisotopic (exact) mass is 253 g/mol. The van der Waals surface area contributed by atoms with Gasteiger partial charge in [-0.3, -0.25) is 10.1 Å². The predicted molar refractivity (Wildman–Crippen MR) is 65.6 cm³/mol. The third-order valence-corrected chi connectivity index (χ3v) is 2.78. The van der Waals surface area contributed by atoms with Gasteiger partial charge in [0.05, 0.1) is 4.92 Å². The van der Waals surface area contributed by atoms with Crippen LogP contribution in [0.3, 0.4) is 0 Å². The Morgan fingerprint density at radius 3 is 2.67 bits per heavy atom. The molecule has 98 valence electrons. The Bertz CT molecular complexity index is 489. The SMILES string of the molecule is CCC(C)(Nc1nc(C)ccc1[N+](=O)[O-])C(=O)O. The van der Waals surface area contributed by atoms with Crippen molar-refractivity contribution in [3.8, 4) is 0 Å². The van der Waals surface area contributed by atoms with Gasteiger partial charge in [0.25, 0.3) is 0 Å². The van der Waals surface area contributed by atoms with Gasteiger partial charge in [-0.15, -0.1) is 0 Å². The van der Waals surface area contributed by atoms with Crippen LogP contribution in [0.25, 0.3) is 0 Å². The van der Waals surface area contributed by atoms with Crippen LogP contribution >= 0.6 is 0 Å². The van der Waals surface area contributed by atoms with Crippen LogP contribution in [-0.2, 0) is 4.79 Å². The van der Waals surface area contributed by atoms with Crippen LogP contribution in [0.5, 0.6) is 0 Å². The van der Waals surface area contributed by atoms with E-state index in [1.807, 2.05) is 0 Å². The molecule has 0 aliphatic carbocycles. The summed E-state index contributed by atoms with van der Waals surface area (Å²) in [5, 5.41) is 22.6. The molecular formula is C11H15N3O4. The van der Waals surface area contributed by atoms with Gasteiger partial charge < -0.3 is 10.4 Å². The van der Waals surface area contributed by atoms with Gasteiger partial charge in [0.1, 0.15) is 5.54 Å². The standard InChI is InChI=1S/C11H15N3O4/c1-4-11(3,10(15)16)13-9-8(14(17)18)6-5-7(2)12-9/h5-6H,4H2,1-3H3,(H,12,13)(H,15,16). The number of aryl methyl sites for hydroxylation is 1. The van der Waals surface area contributed by atoms with E-state index in [0.717, 1.165) is 0 Å². The molecule has 0 bridgehead atoms. The lowest BCUT2D eigenvalue weighted by Crippen LogP contribution is -2.43. The first-order valence-electron chi connectivity index (χ1n) is 5.44. The van der Waals surface area contributed by atoms with E-state index in [-0.39, 0.29) is 17.9 Å². The Kier molecular flexibility index (Phi) is 3.85. The summed E-state index contributed by atoms with van der Waals surface area (Å²) in [7, 11) is 0. The molecule has 0 aromatic carbocycles. The fourth-order valence-corrected chi connectivity index (χ4v) is 1.34. The van der Waals surface area contributed by atoms with Crippen molar-refractivity contribution < 1.29 is 14.8 Å². The first-order chi connectivity index (χ1) is 8.30. The lowest BCUT2D eigenvalue weighted by atomic mass is 9.99. The molecule has 0 aliphatic heterocycles. The largest absolute Gasteiger partial charge is 0.480 e. The predicted octanol–water partition coefficient (Wildman–Crippen LogP) is 1.96. The zero-order valence-electron chi connectivity index (χ0n) is 10.4. The van der Waals surface area contributed by atoms with Crippen LogP contribution in [0.15, 0.2) is 12.1 Å². The molecule has 0 radical (unpaired) electrons. The summed E-state index contributed by atoms with van der Waals surface area (Å²) in [5.41, 5.74) is -0.945. The highest BCUT2D eigenvalue weighted by Gasteiger charge is 2.33. The second-order valence-electron chi connectivity index (χ2n) is 4.19. The summed E-state index contributed by atoms with van der Waals surface area (Å²) in [6.45, 7) is 4.82. The molecule has 1 atom stereocenters. The van der Waals surface area contributed by atoms with Gasteiger partial charge in [-0.1, -0.05) is 6.92 Å². The number of aromatic nitrogens is 1. The minimum Gasteiger partial charge on any atom is -0.480 e. The van der Waals surface area contributed by atoms with E-state index in [0.29, 0.717) is 5.69 Å². The topological polar surface area (TPSA) is 105 Å². The quantitative estimate of drug-likeness (QED) is 0.613. The fraction of sp³-hybridized carbons (Fsp3) is 0.455. The van der Waals surface area contributed by atoms with Crippen LogP contribution < -0.4 is 5.32 Å². The Labute approximate surface area is 104 Å². The van der Waals surface area contributed by atoms with Gasteiger partial charge in [-0.25, -0.2) is 9.78 Å². The van der Waals surface area contributed by atoms with Crippen molar-refractivity contribution in [2.24, 2.45) is 0 Å². The first kappa shape index (κ1) is 13.9. The molecule has 0 fully saturated rings. The van der Waals surface area contributed by atoms with Crippen molar-refractivity contribution >= 4 is 17.5 Å². The molecule has 0 aliphatic rings. The summed E-state index contributed by atoms with van der Waals surface area (Å²) in [5.74, 6) is -1.10. The van der Waals surface area contributed by atoms with Gasteiger partial charge in [-0.2, -0.15) is 0 Å². The number of carboxylic acid groups (broad SMARTS) is 1. The van der Waals surface area contributed by atoms with Crippen LogP contribution in [0.4, 0.5) is 11.5 Å². The first-order valence-corrected chi connectivity index (χ1v) is 5.44. The van der Waals surface area contributed by atoms with Crippen molar-refractivity contribution in [1.29, 1.82) is 0 Å². The number of hydrogen-bond acceptors (Lipinski definition) is 5. The number of nitro groups is 1. The number of nitrogens with one attached hydrogen (secondary N) is 1. The Balaban J connectivity index is 3.20. The van der Waals surface area contributed by atoms with Crippen molar-refractivity contribution in [3.05, 3.63) is 27.9 Å². The molecule has 2 N–H and O–H groups in total. The van der Waals surface area contributed by atoms with Gasteiger partial charge in [-0.05, 0) is 26.3 Å². The molecule has 1 rings (SSSR count). The summed E-state index contributed by atoms with van der Waals surface area (Å²) in [4.78, 5) is 25.4. The molecule has 7 heteroatoms. The zero-order chi connectivity index (χ0) is 13.9. The van der Waals surface area contributed by atoms with Crippen LogP contribution in [0, 0.1) is 17.0 Å². The van der Waals surface area contributed by atoms with Crippen LogP contribution in [-0.4, -0.2) is 26.5 Å². The minimum atomic E-state index is -1.29. The van der Waals surface area contributed by atoms with E-state index in [1.165, 1.54) is 19.1 Å². The van der Waals surface area contributed by atoms with Crippen LogP contribution in [0.1, 0.15) is 26.0 Å². The number of anilines is 1. The van der Waals surface area contributed by atoms with E-state index in [1.54, 1.807) is 13.8 Å². The molecular weight excluding hydrogens is 238 g/mol. The minimum absolute atomic E-state index is 0.0215. The number of rotatable bonds is 5. The van der Waals surface area contributed by atoms with E-state index in [2.05, 4.69) is 10.3 Å². The normalized spacial score (nSPS) is 13.7. The average molecular weight is 253 g/mol. The number of aliphatic carboxylic acids is 1. The van der Waals surface area contributed by atoms with Gasteiger partial charge >= 0.3 is 11.7 Å². The van der Waals surface area contributed by atoms with Gasteiger partial charge in [0, 0.05) is 11.8 Å². The highest BCUT2D eigenvalue weighted by atomic mass is 16.6. The third-order valence-electron chi connectivity index (χ3n) is 2.78. The molecule has 0 saturated heterocycles. The molecule has 1 aromatic heterocycles. The van der Waals surface area contributed by atoms with E-state index in [9.17, 15) is 14.9 Å². The van der Waals surface area contributed by atoms with Crippen molar-refractivity contribution in [1.82, 2.24) is 4.98 Å². The molecule has 0 spiro atoms. The molecule has 0 amide bonds. The van der Waals surface area contributed by atoms with Gasteiger partial charge in [0.15, 0.2) is 0 Å². The Hall–Kier alpha value is -2.18. The highest BCUT2D eigenvalue weighted by Crippen LogP contribution is 2.26. The van der Waals surface area contributed by atoms with E-state index < -0.39 is 16.4 Å². The molecule has 7 nitrogen and oxygen atoms in total. The smallest absolute Gasteiger partial charge is 0.329 e. The fourth-order valence-electron chi connectivity index (χ4n) is 1.34. The number of pyridine rings is 1. The summed E-state index contributed by atoms with van der Waals surface area (Å²) in [6.07, 6.45) is 0.273. The Morgan fingerprint density at radius 1 is 1.61 bits per heavy atom. The van der Waals surface area contributed by atoms with E-state index >= 15 is 0 Å². The van der Waals surface area contributed by atoms with Crippen molar-refractivity contribution in [2.75, 3.05) is 5.32 Å². The van der Waals surface area contributed by atoms with Crippen molar-refractivity contribution in [2.45, 2.75) is 32.7 Å². The second kappa shape index (κ2) is 4.99. The maximum atomic E-state index is 11.2. The van der Waals surface area contributed by atoms with Gasteiger partial charge in [0.2, 0.25) is 5.82 Å². The molecule has 1 aromatic rings. The van der Waals surface area contributed by atoms with Crippen LogP contribution in [0.2, 0.25) is 0 Å². The number of carboxylic acids is 1. The summed E-state index contributed by atoms with van der Waals surface area (Å²) in [6, 6.07) is 2.82. The van der Waals surface area contributed by atoms with Crippen molar-refractivity contribution in [3.63, 3.8) is 0 Å². The maximum Gasteiger partial charge on any atom is 0.329 e. The zero-order valence-corrected chi connectivity index (χ0v) is 10.4. The number of nitrogens with zero attached hydrogens (tertiary/aromatic N) is 2. The lowest BCUT2D eigenvalue weighted by Gasteiger charge is -2.25. The summed E-state index contributed by atoms with van der Waals surface area (Å²) < 4.78 is 0. The van der Waals surface area contributed by atoms with E-state index in [4.69, 9.17) is 5.11 Å². The lowest BCUT2D eigenvalue weighted by molar-refractivity contribution is -0.384. The number of hydrogen-bond donors (Lipinski definition) is 2. The molecule has 18 heavy (non-hydrogen) atoms.